The molecule has 6 heteroatoms. The van der Waals surface area contributed by atoms with E-state index in [-0.39, 0.29) is 19.3 Å². The van der Waals surface area contributed by atoms with Gasteiger partial charge in [0.1, 0.15) is 13.2 Å². The van der Waals surface area contributed by atoms with Gasteiger partial charge in [-0.05, 0) is 13.8 Å². The van der Waals surface area contributed by atoms with Crippen molar-refractivity contribution in [1.82, 2.24) is 0 Å². The van der Waals surface area contributed by atoms with E-state index in [0.717, 1.165) is 12.2 Å². The van der Waals surface area contributed by atoms with Gasteiger partial charge in [0.05, 0.1) is 12.2 Å². The van der Waals surface area contributed by atoms with Crippen molar-refractivity contribution in [1.29, 1.82) is 0 Å². The number of ether oxygens (including phenoxy) is 3. The van der Waals surface area contributed by atoms with Crippen LogP contribution in [0.5, 0.6) is 0 Å². The number of carbonyl (C=O) groups excluding carboxylic acids is 2. The van der Waals surface area contributed by atoms with E-state index in [2.05, 4.69) is 4.74 Å². The lowest BCUT2D eigenvalue weighted by molar-refractivity contribution is -0.143. The minimum atomic E-state index is -0.734. The molecule has 0 fully saturated rings. The average molecular weight is 246 g/mol. The Kier molecular flexibility index (Phi) is 8.00. The van der Waals surface area contributed by atoms with Gasteiger partial charge in [0.15, 0.2) is 0 Å². The van der Waals surface area contributed by atoms with Gasteiger partial charge in [-0.2, -0.15) is 0 Å². The van der Waals surface area contributed by atoms with Crippen LogP contribution >= 0.6 is 0 Å². The summed E-state index contributed by atoms with van der Waals surface area (Å²) < 4.78 is 14.2. The molecular formula is C11H18O6. The second kappa shape index (κ2) is 8.72. The van der Waals surface area contributed by atoms with Crippen molar-refractivity contribution in [3.05, 3.63) is 12.2 Å². The molecule has 17 heavy (non-hydrogen) atoms. The number of aliphatic hydroxyl groups excluding tert-OH is 1. The number of aliphatic hydroxyl groups is 1. The van der Waals surface area contributed by atoms with E-state index in [0.29, 0.717) is 0 Å². The van der Waals surface area contributed by atoms with Crippen molar-refractivity contribution in [3.63, 3.8) is 0 Å². The van der Waals surface area contributed by atoms with Crippen LogP contribution in [0, 0.1) is 0 Å². The SMILES string of the molecule is COC(C)COC(=O)/C=C/C(=O)OCC(C)O. The second-order valence-corrected chi connectivity index (χ2v) is 3.49. The minimum Gasteiger partial charge on any atom is -0.460 e. The largest absolute Gasteiger partial charge is 0.460 e. The van der Waals surface area contributed by atoms with Gasteiger partial charge >= 0.3 is 11.9 Å². The number of esters is 2. The molecule has 0 spiro atoms. The molecule has 0 aromatic rings. The second-order valence-electron chi connectivity index (χ2n) is 3.49. The van der Waals surface area contributed by atoms with E-state index in [1.54, 1.807) is 6.92 Å². The molecule has 0 amide bonds. The summed E-state index contributed by atoms with van der Waals surface area (Å²) >= 11 is 0. The Morgan fingerprint density at radius 1 is 1.12 bits per heavy atom. The highest BCUT2D eigenvalue weighted by Gasteiger charge is 2.05. The molecule has 0 aliphatic rings. The summed E-state index contributed by atoms with van der Waals surface area (Å²) in [6.07, 6.45) is 0.978. The molecular weight excluding hydrogens is 228 g/mol. The number of methoxy groups -OCH3 is 1. The highest BCUT2D eigenvalue weighted by Crippen LogP contribution is 1.92. The van der Waals surface area contributed by atoms with Crippen molar-refractivity contribution in [2.24, 2.45) is 0 Å². The standard InChI is InChI=1S/C11H18O6/c1-8(12)6-16-10(13)4-5-11(14)17-7-9(2)15-3/h4-5,8-9,12H,6-7H2,1-3H3/b5-4+. The third kappa shape index (κ3) is 9.52. The Bertz CT molecular complexity index is 271. The van der Waals surface area contributed by atoms with E-state index < -0.39 is 18.0 Å². The summed E-state index contributed by atoms with van der Waals surface area (Å²) in [6, 6.07) is 0. The molecule has 0 aromatic heterocycles. The summed E-state index contributed by atoms with van der Waals surface area (Å²) in [5, 5.41) is 8.84. The molecule has 0 heterocycles. The van der Waals surface area contributed by atoms with Gasteiger partial charge in [0.25, 0.3) is 0 Å². The first kappa shape index (κ1) is 15.6. The Morgan fingerprint density at radius 2 is 1.59 bits per heavy atom. The van der Waals surface area contributed by atoms with Crippen molar-refractivity contribution in [2.75, 3.05) is 20.3 Å². The van der Waals surface area contributed by atoms with E-state index in [1.165, 1.54) is 14.0 Å². The summed E-state index contributed by atoms with van der Waals surface area (Å²) in [4.78, 5) is 22.1. The lowest BCUT2D eigenvalue weighted by Crippen LogP contribution is -2.17. The van der Waals surface area contributed by atoms with Gasteiger partial charge in [-0.15, -0.1) is 0 Å². The van der Waals surface area contributed by atoms with Gasteiger partial charge in [-0.3, -0.25) is 0 Å². The molecule has 1 N–H and O–H groups in total. The minimum absolute atomic E-state index is 0.112. The molecule has 0 aromatic carbocycles. The van der Waals surface area contributed by atoms with Gasteiger partial charge in [-0.1, -0.05) is 0 Å². The fourth-order valence-electron chi connectivity index (χ4n) is 0.703. The lowest BCUT2D eigenvalue weighted by atomic mass is 10.4. The molecule has 0 saturated heterocycles. The predicted molar refractivity (Wildman–Crippen MR) is 59.2 cm³/mol. The first-order valence-electron chi connectivity index (χ1n) is 5.18. The molecule has 0 aliphatic carbocycles. The van der Waals surface area contributed by atoms with E-state index >= 15 is 0 Å². The topological polar surface area (TPSA) is 82.1 Å². The predicted octanol–water partition coefficient (Wildman–Crippen LogP) is 0.0447. The van der Waals surface area contributed by atoms with Crippen molar-refractivity contribution in [2.45, 2.75) is 26.1 Å². The third-order valence-electron chi connectivity index (χ3n) is 1.68. The Hall–Kier alpha value is -1.40. The smallest absolute Gasteiger partial charge is 0.331 e. The monoisotopic (exact) mass is 246 g/mol. The Balaban J connectivity index is 3.82. The van der Waals surface area contributed by atoms with Crippen LogP contribution in [0.3, 0.4) is 0 Å². The molecule has 0 saturated carbocycles. The highest BCUT2D eigenvalue weighted by atomic mass is 16.6. The molecule has 2 atom stereocenters. The first-order valence-corrected chi connectivity index (χ1v) is 5.18. The normalized spacial score (nSPS) is 14.4. The number of hydrogen-bond acceptors (Lipinski definition) is 6. The number of rotatable bonds is 7. The summed E-state index contributed by atoms with van der Waals surface area (Å²) in [7, 11) is 1.50. The van der Waals surface area contributed by atoms with Crippen LogP contribution in [-0.2, 0) is 23.8 Å². The van der Waals surface area contributed by atoms with E-state index in [4.69, 9.17) is 14.6 Å². The molecule has 0 radical (unpaired) electrons. The fourth-order valence-corrected chi connectivity index (χ4v) is 0.703. The molecule has 98 valence electrons. The number of carbonyl (C=O) groups is 2. The number of hydrogen-bond donors (Lipinski definition) is 1. The average Bonchev–Trinajstić information content (AvgIpc) is 2.30. The van der Waals surface area contributed by atoms with Gasteiger partial charge in [-0.25, -0.2) is 9.59 Å². The Labute approximate surface area is 100 Å². The first-order chi connectivity index (χ1) is 7.95. The summed E-state index contributed by atoms with van der Waals surface area (Å²) in [6.45, 7) is 3.23. The summed E-state index contributed by atoms with van der Waals surface area (Å²) in [5.74, 6) is -1.36. The van der Waals surface area contributed by atoms with Gasteiger partial charge in [0.2, 0.25) is 0 Å². The molecule has 2 unspecified atom stereocenters. The van der Waals surface area contributed by atoms with Crippen LogP contribution in [0.15, 0.2) is 12.2 Å². The maximum Gasteiger partial charge on any atom is 0.331 e. The molecule has 0 rings (SSSR count). The molecule has 0 bridgehead atoms. The van der Waals surface area contributed by atoms with Crippen molar-refractivity contribution < 1.29 is 28.9 Å². The zero-order valence-electron chi connectivity index (χ0n) is 10.2. The third-order valence-corrected chi connectivity index (χ3v) is 1.68. The van der Waals surface area contributed by atoms with Crippen LogP contribution in [0.25, 0.3) is 0 Å². The zero-order chi connectivity index (χ0) is 13.3. The van der Waals surface area contributed by atoms with Crippen LogP contribution < -0.4 is 0 Å². The van der Waals surface area contributed by atoms with Crippen LogP contribution in [0.4, 0.5) is 0 Å². The van der Waals surface area contributed by atoms with E-state index in [1.807, 2.05) is 0 Å². The zero-order valence-corrected chi connectivity index (χ0v) is 10.2. The van der Waals surface area contributed by atoms with Crippen LogP contribution in [0.2, 0.25) is 0 Å². The highest BCUT2D eigenvalue weighted by molar-refractivity contribution is 5.91. The molecule has 6 nitrogen and oxygen atoms in total. The quantitative estimate of drug-likeness (QED) is 0.504. The lowest BCUT2D eigenvalue weighted by Gasteiger charge is -2.08. The maximum atomic E-state index is 11.1. The van der Waals surface area contributed by atoms with Crippen molar-refractivity contribution in [3.8, 4) is 0 Å². The Morgan fingerprint density at radius 3 is 2.00 bits per heavy atom. The van der Waals surface area contributed by atoms with E-state index in [9.17, 15) is 9.59 Å². The van der Waals surface area contributed by atoms with Gasteiger partial charge in [0, 0.05) is 19.3 Å². The fraction of sp³-hybridized carbons (Fsp3) is 0.636. The maximum absolute atomic E-state index is 11.1. The van der Waals surface area contributed by atoms with Crippen LogP contribution in [0.1, 0.15) is 13.8 Å². The van der Waals surface area contributed by atoms with Gasteiger partial charge < -0.3 is 19.3 Å². The molecule has 0 aliphatic heterocycles. The van der Waals surface area contributed by atoms with Crippen molar-refractivity contribution >= 4 is 11.9 Å². The van der Waals surface area contributed by atoms with Crippen LogP contribution in [-0.4, -0.2) is 49.6 Å². The summed E-state index contributed by atoms with van der Waals surface area (Å²) in [5.41, 5.74) is 0.